The van der Waals surface area contributed by atoms with E-state index in [1.807, 2.05) is 6.92 Å². The molecular weight excluding hydrogens is 268 g/mol. The van der Waals surface area contributed by atoms with E-state index in [0.29, 0.717) is 11.9 Å². The topological polar surface area (TPSA) is 81.7 Å². The molecule has 2 unspecified atom stereocenters. The van der Waals surface area contributed by atoms with Crippen LogP contribution in [0.15, 0.2) is 4.52 Å². The van der Waals surface area contributed by atoms with Crippen LogP contribution in [0.1, 0.15) is 62.5 Å². The third-order valence-corrected chi connectivity index (χ3v) is 3.96. The molecule has 0 spiro atoms. The molecule has 0 aliphatic carbocycles. The highest BCUT2D eigenvalue weighted by atomic mass is 16.5. The first kappa shape index (κ1) is 14.2. The molecule has 1 aliphatic heterocycles. The van der Waals surface area contributed by atoms with Gasteiger partial charge in [0.15, 0.2) is 5.82 Å². The minimum absolute atomic E-state index is 0.0494. The van der Waals surface area contributed by atoms with Crippen molar-refractivity contribution in [2.45, 2.75) is 65.1 Å². The SMILES string of the molecule is Cc1nnc2n1CC(NC(C)c1nc(C(C)C)no1)CC2. The van der Waals surface area contributed by atoms with Crippen molar-refractivity contribution in [3.63, 3.8) is 0 Å². The Balaban J connectivity index is 1.65. The molecule has 0 aromatic carbocycles. The highest BCUT2D eigenvalue weighted by Gasteiger charge is 2.24. The standard InChI is InChI=1S/C14H22N6O/c1-8(2)13-16-14(21-19-13)9(3)15-11-5-6-12-18-17-10(4)20(12)7-11/h8-9,11,15H,5-7H2,1-4H3. The molecule has 21 heavy (non-hydrogen) atoms. The molecule has 0 saturated heterocycles. The normalized spacial score (nSPS) is 19.8. The van der Waals surface area contributed by atoms with Crippen molar-refractivity contribution in [3.8, 4) is 0 Å². The number of aryl methyl sites for hydroxylation is 2. The van der Waals surface area contributed by atoms with Gasteiger partial charge in [0.2, 0.25) is 5.89 Å². The number of rotatable bonds is 4. The van der Waals surface area contributed by atoms with E-state index >= 15 is 0 Å². The number of nitrogens with zero attached hydrogens (tertiary/aromatic N) is 5. The number of nitrogens with one attached hydrogen (secondary N) is 1. The Morgan fingerprint density at radius 3 is 2.81 bits per heavy atom. The quantitative estimate of drug-likeness (QED) is 0.924. The molecule has 0 fully saturated rings. The van der Waals surface area contributed by atoms with E-state index in [1.54, 1.807) is 0 Å². The van der Waals surface area contributed by atoms with E-state index in [1.165, 1.54) is 0 Å². The van der Waals surface area contributed by atoms with Gasteiger partial charge in [-0.1, -0.05) is 19.0 Å². The van der Waals surface area contributed by atoms with Crippen molar-refractivity contribution in [2.75, 3.05) is 0 Å². The second kappa shape index (κ2) is 5.55. The van der Waals surface area contributed by atoms with Crippen LogP contribution in [0.5, 0.6) is 0 Å². The van der Waals surface area contributed by atoms with E-state index in [9.17, 15) is 0 Å². The summed E-state index contributed by atoms with van der Waals surface area (Å²) in [6.07, 6.45) is 2.00. The molecule has 1 aliphatic rings. The van der Waals surface area contributed by atoms with E-state index in [-0.39, 0.29) is 12.0 Å². The van der Waals surface area contributed by atoms with Gasteiger partial charge < -0.3 is 14.4 Å². The Labute approximate surface area is 124 Å². The molecule has 2 aromatic rings. The average molecular weight is 290 g/mol. The van der Waals surface area contributed by atoms with Crippen LogP contribution in [0, 0.1) is 6.92 Å². The molecule has 3 rings (SSSR count). The Morgan fingerprint density at radius 2 is 2.10 bits per heavy atom. The molecule has 0 amide bonds. The van der Waals surface area contributed by atoms with Gasteiger partial charge in [-0.25, -0.2) is 0 Å². The molecule has 114 valence electrons. The summed E-state index contributed by atoms with van der Waals surface area (Å²) in [5, 5.41) is 15.9. The predicted molar refractivity (Wildman–Crippen MR) is 76.8 cm³/mol. The van der Waals surface area contributed by atoms with Crippen molar-refractivity contribution < 1.29 is 4.52 Å². The fourth-order valence-electron chi connectivity index (χ4n) is 2.68. The highest BCUT2D eigenvalue weighted by Crippen LogP contribution is 2.19. The molecule has 3 heterocycles. The van der Waals surface area contributed by atoms with Crippen LogP contribution in [-0.4, -0.2) is 30.9 Å². The second-order valence-corrected chi connectivity index (χ2v) is 6.04. The summed E-state index contributed by atoms with van der Waals surface area (Å²) in [5.74, 6) is 3.76. The van der Waals surface area contributed by atoms with Crippen molar-refractivity contribution in [3.05, 3.63) is 23.4 Å². The first-order valence-electron chi connectivity index (χ1n) is 7.52. The average Bonchev–Trinajstić information content (AvgIpc) is 3.07. The number of aromatic nitrogens is 5. The van der Waals surface area contributed by atoms with Gasteiger partial charge in [-0.2, -0.15) is 4.98 Å². The van der Waals surface area contributed by atoms with Crippen LogP contribution in [-0.2, 0) is 13.0 Å². The third-order valence-electron chi connectivity index (χ3n) is 3.96. The van der Waals surface area contributed by atoms with Gasteiger partial charge in [0.05, 0.1) is 6.04 Å². The van der Waals surface area contributed by atoms with Gasteiger partial charge in [0.1, 0.15) is 11.6 Å². The Kier molecular flexibility index (Phi) is 3.75. The van der Waals surface area contributed by atoms with Crippen molar-refractivity contribution in [1.29, 1.82) is 0 Å². The lowest BCUT2D eigenvalue weighted by Crippen LogP contribution is -2.39. The largest absolute Gasteiger partial charge is 0.338 e. The van der Waals surface area contributed by atoms with Gasteiger partial charge in [-0.05, 0) is 20.3 Å². The van der Waals surface area contributed by atoms with Gasteiger partial charge in [0, 0.05) is 24.9 Å². The fourth-order valence-corrected chi connectivity index (χ4v) is 2.68. The lowest BCUT2D eigenvalue weighted by molar-refractivity contribution is 0.292. The summed E-state index contributed by atoms with van der Waals surface area (Å²) in [6.45, 7) is 9.07. The Bertz CT molecular complexity index is 617. The van der Waals surface area contributed by atoms with Gasteiger partial charge >= 0.3 is 0 Å². The zero-order valence-electron chi connectivity index (χ0n) is 13.0. The zero-order chi connectivity index (χ0) is 15.0. The summed E-state index contributed by atoms with van der Waals surface area (Å²) in [7, 11) is 0. The van der Waals surface area contributed by atoms with Crippen LogP contribution in [0.4, 0.5) is 0 Å². The minimum atomic E-state index is 0.0494. The van der Waals surface area contributed by atoms with Crippen LogP contribution in [0.25, 0.3) is 0 Å². The maximum atomic E-state index is 5.35. The Morgan fingerprint density at radius 1 is 1.29 bits per heavy atom. The van der Waals surface area contributed by atoms with Gasteiger partial charge in [0.25, 0.3) is 0 Å². The van der Waals surface area contributed by atoms with Crippen molar-refractivity contribution in [1.82, 2.24) is 30.2 Å². The molecule has 7 heteroatoms. The molecule has 2 atom stereocenters. The second-order valence-electron chi connectivity index (χ2n) is 6.04. The van der Waals surface area contributed by atoms with Crippen molar-refractivity contribution >= 4 is 0 Å². The smallest absolute Gasteiger partial charge is 0.243 e. The third kappa shape index (κ3) is 2.83. The molecular formula is C14H22N6O. The number of hydrogen-bond donors (Lipinski definition) is 1. The van der Waals surface area contributed by atoms with E-state index in [4.69, 9.17) is 4.52 Å². The summed E-state index contributed by atoms with van der Waals surface area (Å²) >= 11 is 0. The maximum absolute atomic E-state index is 5.35. The maximum Gasteiger partial charge on any atom is 0.243 e. The molecule has 1 N–H and O–H groups in total. The summed E-state index contributed by atoms with van der Waals surface area (Å²) in [5.41, 5.74) is 0. The zero-order valence-corrected chi connectivity index (χ0v) is 13.0. The van der Waals surface area contributed by atoms with Crippen LogP contribution in [0.3, 0.4) is 0 Å². The van der Waals surface area contributed by atoms with Crippen LogP contribution >= 0.6 is 0 Å². The monoisotopic (exact) mass is 290 g/mol. The molecule has 0 bridgehead atoms. The van der Waals surface area contributed by atoms with E-state index in [2.05, 4.69) is 51.0 Å². The van der Waals surface area contributed by atoms with Crippen LogP contribution < -0.4 is 5.32 Å². The van der Waals surface area contributed by atoms with Gasteiger partial charge in [-0.15, -0.1) is 10.2 Å². The van der Waals surface area contributed by atoms with E-state index < -0.39 is 0 Å². The molecule has 0 radical (unpaired) electrons. The first-order valence-corrected chi connectivity index (χ1v) is 7.52. The summed E-state index contributed by atoms with van der Waals surface area (Å²) in [4.78, 5) is 4.46. The fraction of sp³-hybridized carbons (Fsp3) is 0.714. The van der Waals surface area contributed by atoms with E-state index in [0.717, 1.165) is 36.9 Å². The molecule has 7 nitrogen and oxygen atoms in total. The highest BCUT2D eigenvalue weighted by molar-refractivity contribution is 5.01. The first-order chi connectivity index (χ1) is 10.0. The summed E-state index contributed by atoms with van der Waals surface area (Å²) in [6, 6.07) is 0.421. The lowest BCUT2D eigenvalue weighted by Gasteiger charge is -2.26. The molecule has 2 aromatic heterocycles. The minimum Gasteiger partial charge on any atom is -0.338 e. The molecule has 0 saturated carbocycles. The number of hydrogen-bond acceptors (Lipinski definition) is 6. The van der Waals surface area contributed by atoms with Crippen molar-refractivity contribution in [2.24, 2.45) is 0 Å². The number of fused-ring (bicyclic) bond motifs is 1. The Hall–Kier alpha value is -1.76. The predicted octanol–water partition coefficient (Wildman–Crippen LogP) is 1.76. The lowest BCUT2D eigenvalue weighted by atomic mass is 10.1. The summed E-state index contributed by atoms with van der Waals surface area (Å²) < 4.78 is 7.53. The van der Waals surface area contributed by atoms with Crippen LogP contribution in [0.2, 0.25) is 0 Å². The van der Waals surface area contributed by atoms with Gasteiger partial charge in [-0.3, -0.25) is 0 Å².